The molecule has 4 rings (SSSR count). The maximum Gasteiger partial charge on any atom is 0.322 e. The minimum atomic E-state index is -2.06. The van der Waals surface area contributed by atoms with Crippen molar-refractivity contribution in [2.75, 3.05) is 78.7 Å². The van der Waals surface area contributed by atoms with Crippen molar-refractivity contribution in [2.24, 2.45) is 46.4 Å². The van der Waals surface area contributed by atoms with E-state index in [-0.39, 0.29) is 108 Å². The summed E-state index contributed by atoms with van der Waals surface area (Å²) in [6.45, 7) is 2.67. The lowest BCUT2D eigenvalue weighted by atomic mass is 10.0. The van der Waals surface area contributed by atoms with Crippen molar-refractivity contribution < 1.29 is 141 Å². The number of aliphatic hydroxyl groups excluding tert-OH is 3. The number of hydrogen-bond donors (Lipinski definition) is 30. The fourth-order valence-electron chi connectivity index (χ4n) is 15.1. The molecule has 0 unspecified atom stereocenters. The SMILES string of the molecule is CC(C)C[C@H](NC(=O)[C@H](CC(N)=O)NC(=O)[C@H](CO)NC(=O)[C@@H]1CCCN1C(=O)[C@H](CC(C)C)NC(=O)CN)C(=O)N[C@@H](CO)C(=O)NCC(=O)NCC(=O)N[C@@H](CCCNC(=N)N)C(=O)N[C@@H](CC(N)=O)C(=O)N1CCC[C@H]1C(=O)N[C@@H](CO)C(=O)N[C@@H](CC(C)C)C(=O)N[C@@H](CC(=O)O)C(=O)N[C@@H](Cc1ccc(O)cc1)C(=O)NCC(=O)N[C@@H](Cc1ccccc1)C(=O)N[C@@H](CCCCN)C(=O)NCC(=O)O. The van der Waals surface area contributed by atoms with Crippen molar-refractivity contribution in [3.63, 3.8) is 0 Å². The summed E-state index contributed by atoms with van der Waals surface area (Å²) in [6.07, 6.45) is -3.08. The summed E-state index contributed by atoms with van der Waals surface area (Å²) in [7, 11) is 0. The molecule has 0 spiro atoms. The van der Waals surface area contributed by atoms with Gasteiger partial charge in [0.2, 0.25) is 124 Å². The Morgan fingerprint density at radius 1 is 0.361 bits per heavy atom. The van der Waals surface area contributed by atoms with Crippen LogP contribution in [0.5, 0.6) is 5.75 Å². The van der Waals surface area contributed by atoms with Crippen LogP contribution in [-0.2, 0) is 123 Å². The quantitative estimate of drug-likeness (QED) is 0.0166. The van der Waals surface area contributed by atoms with E-state index in [0.717, 1.165) is 4.90 Å². The number of rotatable bonds is 64. The summed E-state index contributed by atoms with van der Waals surface area (Å²) in [6, 6.07) is -11.1. The molecule has 2 aliphatic heterocycles. The Balaban J connectivity index is 1.44. The molecule has 0 bridgehead atoms. The molecule has 0 aliphatic carbocycles. The van der Waals surface area contributed by atoms with E-state index in [1.54, 1.807) is 71.9 Å². The van der Waals surface area contributed by atoms with Gasteiger partial charge < -0.3 is 165 Å². The number of carbonyl (C=O) groups excluding carboxylic acids is 21. The Hall–Kier alpha value is -14.9. The zero-order chi connectivity index (χ0) is 108. The number of aliphatic hydroxyl groups is 3. The maximum absolute atomic E-state index is 14.6. The average Bonchev–Trinajstić information content (AvgIpc) is 1.67. The predicted molar refractivity (Wildman–Crippen MR) is 507 cm³/mol. The molecule has 2 aliphatic rings. The van der Waals surface area contributed by atoms with Crippen LogP contribution in [0.25, 0.3) is 0 Å². The van der Waals surface area contributed by atoms with E-state index in [2.05, 4.69) is 95.7 Å². The lowest BCUT2D eigenvalue weighted by Crippen LogP contribution is -2.61. The van der Waals surface area contributed by atoms with Gasteiger partial charge in [0.05, 0.1) is 65.3 Å². The van der Waals surface area contributed by atoms with E-state index in [1.165, 1.54) is 29.2 Å². The zero-order valence-electron chi connectivity index (χ0n) is 80.9. The largest absolute Gasteiger partial charge is 0.508 e. The van der Waals surface area contributed by atoms with Gasteiger partial charge in [0.25, 0.3) is 0 Å². The third-order valence-corrected chi connectivity index (χ3v) is 22.3. The number of amides is 21. The van der Waals surface area contributed by atoms with Gasteiger partial charge >= 0.3 is 11.9 Å². The summed E-state index contributed by atoms with van der Waals surface area (Å²) >= 11 is 0. The summed E-state index contributed by atoms with van der Waals surface area (Å²) in [4.78, 5) is 313. The Labute approximate surface area is 828 Å². The average molecular weight is 2040 g/mol. The van der Waals surface area contributed by atoms with Gasteiger partial charge in [-0.1, -0.05) is 84.0 Å². The molecule has 0 saturated carbocycles. The lowest BCUT2D eigenvalue weighted by Gasteiger charge is -2.30. The molecule has 0 radical (unpaired) electrons. The minimum absolute atomic E-state index is 0.0236. The zero-order valence-corrected chi connectivity index (χ0v) is 80.9. The van der Waals surface area contributed by atoms with Gasteiger partial charge in [0.15, 0.2) is 5.96 Å². The van der Waals surface area contributed by atoms with Crippen molar-refractivity contribution in [1.29, 1.82) is 5.41 Å². The van der Waals surface area contributed by atoms with Crippen LogP contribution in [0.1, 0.15) is 149 Å². The van der Waals surface area contributed by atoms with Crippen molar-refractivity contribution in [3.05, 3.63) is 65.7 Å². The van der Waals surface area contributed by atoms with Gasteiger partial charge in [-0.15, -0.1) is 0 Å². The summed E-state index contributed by atoms with van der Waals surface area (Å²) in [5, 5.41) is 110. The molecule has 2 fully saturated rings. The van der Waals surface area contributed by atoms with E-state index >= 15 is 0 Å². The number of nitrogens with zero attached hydrogens (tertiary/aromatic N) is 2. The van der Waals surface area contributed by atoms with Crippen LogP contribution in [0.2, 0.25) is 0 Å². The van der Waals surface area contributed by atoms with Crippen molar-refractivity contribution in [2.45, 2.75) is 241 Å². The van der Waals surface area contributed by atoms with E-state index in [1.807, 2.05) is 0 Å². The highest BCUT2D eigenvalue weighted by molar-refractivity contribution is 6.03. The standard InChI is InChI=1S/C89H138N26O29/c1-45(2)29-53(78(134)109-58(36-72(126)127)82(138)107-55(33-49-21-23-50(119)24-22-49)75(131)99-40-71(125)102-56(32-48-15-8-7-9-16-48)80(136)104-51(17-10-11-25-90)74(130)100-41-73(128)129)106-83(139)62(43-117)112-86(142)65-20-14-28-115(65)88(144)60(35-67(93)121)110-77(133)52(18-12-26-96-89(94)95)101-70(124)39-97-69(123)38-98-76(132)61(42-116)111-79(135)54(30-46(3)4)105-81(137)57(34-66(92)120)108-84(140)63(44-118)113-85(141)64-19-13-27-114(64)87(143)59(31-47(5)6)103-68(122)37-91/h7-9,15-16,21-24,45-47,51-65,116-119H,10-14,17-20,25-44,90-91H2,1-6H3,(H2,92,120)(H2,93,121)(H,97,123)(H,98,132)(H,99,131)(H,100,130)(H,101,124)(H,102,125)(H,103,122)(H,104,136)(H,105,137)(H,106,139)(H,107,138)(H,108,140)(H,109,134)(H,110,133)(H,111,135)(H,112,142)(H,113,141)(H,126,127)(H,128,129)(H4,94,95,96)/t51-,52-,53-,54-,55-,56-,57-,58-,59-,60-,61-,62-,63-,64-,65-/m0/s1. The Bertz CT molecular complexity index is 4800. The number of phenols is 1. The Morgan fingerprint density at radius 3 is 1.19 bits per heavy atom. The first-order valence-corrected chi connectivity index (χ1v) is 46.8. The number of likely N-dealkylation sites (tertiary alicyclic amines) is 2. The minimum Gasteiger partial charge on any atom is -0.508 e. The summed E-state index contributed by atoms with van der Waals surface area (Å²) in [5.74, 6) is -27.1. The fourth-order valence-corrected chi connectivity index (χ4v) is 15.1. The topological polar surface area (TPSA) is 891 Å². The number of aromatic hydroxyl groups is 1. The first-order valence-electron chi connectivity index (χ1n) is 46.8. The lowest BCUT2D eigenvalue weighted by molar-refractivity contribution is -0.143. The van der Waals surface area contributed by atoms with Crippen LogP contribution in [0, 0.1) is 23.2 Å². The number of aliphatic carboxylic acids is 2. The molecular formula is C89H138N26O29. The van der Waals surface area contributed by atoms with Gasteiger partial charge in [0.1, 0.15) is 103 Å². The number of carboxylic acid groups (broad SMARTS) is 2. The number of nitrogens with two attached hydrogens (primary N) is 5. The number of carbonyl (C=O) groups is 23. The fraction of sp³-hybridized carbons (Fsp3) is 0.596. The van der Waals surface area contributed by atoms with Gasteiger partial charge in [0, 0.05) is 32.5 Å². The van der Waals surface area contributed by atoms with E-state index < -0.39 is 323 Å². The third kappa shape index (κ3) is 43.7. The summed E-state index contributed by atoms with van der Waals surface area (Å²) < 4.78 is 0. The number of primary amides is 2. The number of benzene rings is 2. The molecule has 21 amide bonds. The second-order valence-corrected chi connectivity index (χ2v) is 35.6. The molecule has 55 heteroatoms. The smallest absolute Gasteiger partial charge is 0.322 e. The first-order chi connectivity index (χ1) is 68.0. The van der Waals surface area contributed by atoms with Gasteiger partial charge in [-0.25, -0.2) is 0 Å². The van der Waals surface area contributed by atoms with Crippen LogP contribution >= 0.6 is 0 Å². The molecular weight excluding hydrogens is 1900 g/mol. The van der Waals surface area contributed by atoms with E-state index in [0.29, 0.717) is 24.8 Å². The van der Waals surface area contributed by atoms with Crippen LogP contribution in [0.4, 0.5) is 0 Å². The van der Waals surface area contributed by atoms with Crippen LogP contribution in [0.3, 0.4) is 0 Å². The normalized spacial score (nSPS) is 15.9. The Morgan fingerprint density at radius 2 is 0.715 bits per heavy atom. The highest BCUT2D eigenvalue weighted by Gasteiger charge is 2.44. The number of nitrogens with one attached hydrogen (secondary N) is 19. The molecule has 2 saturated heterocycles. The number of phenolic OH excluding ortho intramolecular Hbond substituents is 1. The molecule has 0 aromatic heterocycles. The van der Waals surface area contributed by atoms with Crippen molar-refractivity contribution >= 4 is 142 Å². The molecule has 2 heterocycles. The van der Waals surface area contributed by atoms with Crippen LogP contribution < -0.4 is 124 Å². The third-order valence-electron chi connectivity index (χ3n) is 22.3. The second kappa shape index (κ2) is 62.4. The monoisotopic (exact) mass is 2040 g/mol. The first kappa shape index (κ1) is 121. The van der Waals surface area contributed by atoms with Crippen molar-refractivity contribution in [3.8, 4) is 5.75 Å². The van der Waals surface area contributed by atoms with Gasteiger partial charge in [-0.3, -0.25) is 116 Å². The van der Waals surface area contributed by atoms with Gasteiger partial charge in [-0.05, 0) is 125 Å². The number of guanidine groups is 1. The Kier molecular flexibility index (Phi) is 52.6. The van der Waals surface area contributed by atoms with E-state index in [9.17, 15) is 141 Å². The second-order valence-electron chi connectivity index (χ2n) is 35.6. The molecule has 2 aromatic carbocycles. The highest BCUT2D eigenvalue weighted by Crippen LogP contribution is 2.24. The molecule has 55 nitrogen and oxygen atoms in total. The highest BCUT2D eigenvalue weighted by atomic mass is 16.4. The van der Waals surface area contributed by atoms with E-state index in [4.69, 9.17) is 34.1 Å². The van der Waals surface area contributed by atoms with Crippen LogP contribution in [0.15, 0.2) is 54.6 Å². The molecule has 798 valence electrons. The van der Waals surface area contributed by atoms with Crippen LogP contribution in [-0.4, -0.2) is 352 Å². The maximum atomic E-state index is 14.6. The molecule has 144 heavy (non-hydrogen) atoms. The predicted octanol–water partition coefficient (Wildman–Crippen LogP) is -12.3. The van der Waals surface area contributed by atoms with Gasteiger partial charge in [-0.2, -0.15) is 0 Å². The molecule has 35 N–H and O–H groups in total. The van der Waals surface area contributed by atoms with Crippen molar-refractivity contribution in [1.82, 2.24) is 106 Å². The summed E-state index contributed by atoms with van der Waals surface area (Å²) in [5.41, 5.74) is 28.4. The molecule has 15 atom stereocenters. The number of carboxylic acids is 2. The number of unbranched alkanes of at least 4 members (excludes halogenated alkanes) is 1. The molecule has 2 aromatic rings. The number of hydrogen-bond acceptors (Lipinski definition) is 30.